The third kappa shape index (κ3) is 2.94. The Kier molecular flexibility index (Phi) is 4.46. The Morgan fingerprint density at radius 2 is 1.59 bits per heavy atom. The van der Waals surface area contributed by atoms with Crippen molar-refractivity contribution in [3.8, 4) is 11.1 Å². The molecule has 0 radical (unpaired) electrons. The fourth-order valence-corrected chi connectivity index (χ4v) is 1.61. The van der Waals surface area contributed by atoms with Gasteiger partial charge in [-0.2, -0.15) is 0 Å². The minimum atomic E-state index is -0.0576. The van der Waals surface area contributed by atoms with Crippen LogP contribution in [0.1, 0.15) is 17.8 Å². The van der Waals surface area contributed by atoms with Gasteiger partial charge in [0.15, 0.2) is 0 Å². The summed E-state index contributed by atoms with van der Waals surface area (Å²) in [4.78, 5) is 11.5. The van der Waals surface area contributed by atoms with Crippen LogP contribution in [0.25, 0.3) is 11.1 Å². The molecule has 1 N–H and O–H groups in total. The average Bonchev–Trinajstić information content (AvgIpc) is 2.39. The van der Waals surface area contributed by atoms with Crippen molar-refractivity contribution in [2.24, 2.45) is 0 Å². The van der Waals surface area contributed by atoms with E-state index >= 15 is 0 Å². The largest absolute Gasteiger partial charge is 0.355 e. The molecule has 0 aliphatic carbocycles. The van der Waals surface area contributed by atoms with Crippen LogP contribution in [0, 0.1) is 0 Å². The zero-order valence-corrected chi connectivity index (χ0v) is 9.10. The second kappa shape index (κ2) is 5.85. The molecule has 0 saturated heterocycles. The molecular weight excluding hydrogens is 210 g/mol. The average molecular weight is 227 g/mol. The topological polar surface area (TPSA) is 29.1 Å². The SMILES string of the molecule is C.CNC(=O)c1cccc(-c2ccccc2)c1. The van der Waals surface area contributed by atoms with E-state index in [9.17, 15) is 4.79 Å². The van der Waals surface area contributed by atoms with Gasteiger partial charge in [-0.3, -0.25) is 4.79 Å². The molecule has 0 fully saturated rings. The minimum absolute atomic E-state index is 0. The third-order valence-corrected chi connectivity index (χ3v) is 2.46. The Balaban J connectivity index is 0.00000144. The highest BCUT2D eigenvalue weighted by molar-refractivity contribution is 5.95. The van der Waals surface area contributed by atoms with Gasteiger partial charge in [0.1, 0.15) is 0 Å². The number of rotatable bonds is 2. The number of hydrogen-bond donors (Lipinski definition) is 1. The van der Waals surface area contributed by atoms with Crippen molar-refractivity contribution in [3.63, 3.8) is 0 Å². The van der Waals surface area contributed by atoms with E-state index in [0.29, 0.717) is 5.56 Å². The lowest BCUT2D eigenvalue weighted by molar-refractivity contribution is 0.0963. The molecule has 2 rings (SSSR count). The molecular formula is C15H17NO. The Morgan fingerprint density at radius 1 is 0.941 bits per heavy atom. The predicted molar refractivity (Wildman–Crippen MR) is 72.0 cm³/mol. The van der Waals surface area contributed by atoms with E-state index in [1.807, 2.05) is 54.6 Å². The van der Waals surface area contributed by atoms with Gasteiger partial charge in [-0.25, -0.2) is 0 Å². The summed E-state index contributed by atoms with van der Waals surface area (Å²) in [5.41, 5.74) is 2.86. The fraction of sp³-hybridized carbons (Fsp3) is 0.133. The number of hydrogen-bond acceptors (Lipinski definition) is 1. The van der Waals surface area contributed by atoms with Crippen LogP contribution < -0.4 is 5.32 Å². The Labute approximate surface area is 102 Å². The summed E-state index contributed by atoms with van der Waals surface area (Å²) >= 11 is 0. The van der Waals surface area contributed by atoms with Gasteiger partial charge in [-0.15, -0.1) is 0 Å². The summed E-state index contributed by atoms with van der Waals surface area (Å²) in [6, 6.07) is 17.6. The van der Waals surface area contributed by atoms with Crippen LogP contribution in [0.4, 0.5) is 0 Å². The van der Waals surface area contributed by atoms with Crippen molar-refractivity contribution in [2.75, 3.05) is 7.05 Å². The maximum atomic E-state index is 11.5. The van der Waals surface area contributed by atoms with E-state index < -0.39 is 0 Å². The van der Waals surface area contributed by atoms with E-state index in [1.54, 1.807) is 7.05 Å². The molecule has 2 nitrogen and oxygen atoms in total. The highest BCUT2D eigenvalue weighted by atomic mass is 16.1. The van der Waals surface area contributed by atoms with Gasteiger partial charge in [-0.1, -0.05) is 49.9 Å². The number of amides is 1. The van der Waals surface area contributed by atoms with Crippen molar-refractivity contribution in [1.29, 1.82) is 0 Å². The van der Waals surface area contributed by atoms with Crippen LogP contribution in [0.15, 0.2) is 54.6 Å². The van der Waals surface area contributed by atoms with E-state index in [0.717, 1.165) is 11.1 Å². The number of carbonyl (C=O) groups is 1. The predicted octanol–water partition coefficient (Wildman–Crippen LogP) is 3.35. The molecule has 2 aromatic rings. The van der Waals surface area contributed by atoms with Gasteiger partial charge >= 0.3 is 0 Å². The lowest BCUT2D eigenvalue weighted by atomic mass is 10.0. The van der Waals surface area contributed by atoms with Crippen LogP contribution in [0.2, 0.25) is 0 Å². The van der Waals surface area contributed by atoms with E-state index in [2.05, 4.69) is 5.32 Å². The summed E-state index contributed by atoms with van der Waals surface area (Å²) in [5, 5.41) is 2.62. The number of carbonyl (C=O) groups excluding carboxylic acids is 1. The normalized spacial score (nSPS) is 9.24. The lowest BCUT2D eigenvalue weighted by Gasteiger charge is -2.04. The number of benzene rings is 2. The Morgan fingerprint density at radius 3 is 2.24 bits per heavy atom. The summed E-state index contributed by atoms with van der Waals surface area (Å²) in [7, 11) is 1.64. The molecule has 0 aliphatic rings. The van der Waals surface area contributed by atoms with Gasteiger partial charge in [0.2, 0.25) is 0 Å². The highest BCUT2D eigenvalue weighted by Gasteiger charge is 2.04. The molecule has 0 saturated carbocycles. The molecule has 0 spiro atoms. The van der Waals surface area contributed by atoms with Crippen molar-refractivity contribution in [2.45, 2.75) is 7.43 Å². The lowest BCUT2D eigenvalue weighted by Crippen LogP contribution is -2.17. The van der Waals surface area contributed by atoms with E-state index in [1.165, 1.54) is 0 Å². The van der Waals surface area contributed by atoms with E-state index in [-0.39, 0.29) is 13.3 Å². The zero-order valence-electron chi connectivity index (χ0n) is 9.10. The second-order valence-electron chi connectivity index (χ2n) is 3.53. The summed E-state index contributed by atoms with van der Waals surface area (Å²) in [6.07, 6.45) is 0. The van der Waals surface area contributed by atoms with Crippen LogP contribution in [-0.4, -0.2) is 13.0 Å². The monoisotopic (exact) mass is 227 g/mol. The first-order valence-corrected chi connectivity index (χ1v) is 5.19. The van der Waals surface area contributed by atoms with Crippen molar-refractivity contribution in [3.05, 3.63) is 60.2 Å². The highest BCUT2D eigenvalue weighted by Crippen LogP contribution is 2.19. The van der Waals surface area contributed by atoms with E-state index in [4.69, 9.17) is 0 Å². The first-order valence-electron chi connectivity index (χ1n) is 5.19. The van der Waals surface area contributed by atoms with Crippen LogP contribution in [0.5, 0.6) is 0 Å². The fourth-order valence-electron chi connectivity index (χ4n) is 1.61. The summed E-state index contributed by atoms with van der Waals surface area (Å²) in [6.45, 7) is 0. The van der Waals surface area contributed by atoms with Crippen molar-refractivity contribution < 1.29 is 4.79 Å². The van der Waals surface area contributed by atoms with Crippen LogP contribution in [0.3, 0.4) is 0 Å². The molecule has 88 valence electrons. The van der Waals surface area contributed by atoms with Crippen LogP contribution in [-0.2, 0) is 0 Å². The maximum Gasteiger partial charge on any atom is 0.251 e. The van der Waals surface area contributed by atoms with Crippen molar-refractivity contribution in [1.82, 2.24) is 5.32 Å². The quantitative estimate of drug-likeness (QED) is 0.837. The van der Waals surface area contributed by atoms with Crippen LogP contribution >= 0.6 is 0 Å². The standard InChI is InChI=1S/C14H13NO.CH4/c1-15-14(16)13-9-5-8-12(10-13)11-6-3-2-4-7-11;/h2-10H,1H3,(H,15,16);1H4. The molecule has 0 aliphatic heterocycles. The molecule has 2 aromatic carbocycles. The van der Waals surface area contributed by atoms with Gasteiger partial charge in [0.25, 0.3) is 5.91 Å². The van der Waals surface area contributed by atoms with Gasteiger partial charge < -0.3 is 5.32 Å². The summed E-state index contributed by atoms with van der Waals surface area (Å²) < 4.78 is 0. The Hall–Kier alpha value is -2.09. The zero-order chi connectivity index (χ0) is 11.4. The molecule has 0 atom stereocenters. The third-order valence-electron chi connectivity index (χ3n) is 2.46. The smallest absolute Gasteiger partial charge is 0.251 e. The van der Waals surface area contributed by atoms with Gasteiger partial charge in [0, 0.05) is 12.6 Å². The molecule has 0 aromatic heterocycles. The number of nitrogens with one attached hydrogen (secondary N) is 1. The molecule has 1 amide bonds. The van der Waals surface area contributed by atoms with Gasteiger partial charge in [-0.05, 0) is 23.3 Å². The molecule has 0 bridgehead atoms. The summed E-state index contributed by atoms with van der Waals surface area (Å²) in [5.74, 6) is -0.0576. The first-order chi connectivity index (χ1) is 7.81. The maximum absolute atomic E-state index is 11.5. The van der Waals surface area contributed by atoms with Gasteiger partial charge in [0.05, 0.1) is 0 Å². The second-order valence-corrected chi connectivity index (χ2v) is 3.53. The Bertz CT molecular complexity index is 491. The van der Waals surface area contributed by atoms with Crippen molar-refractivity contribution >= 4 is 5.91 Å². The molecule has 2 heteroatoms. The molecule has 0 heterocycles. The molecule has 0 unspecified atom stereocenters. The minimum Gasteiger partial charge on any atom is -0.355 e. The molecule has 17 heavy (non-hydrogen) atoms. The first kappa shape index (κ1) is 13.0.